The van der Waals surface area contributed by atoms with E-state index in [2.05, 4.69) is 88.1 Å². The van der Waals surface area contributed by atoms with Gasteiger partial charge in [0, 0.05) is 117 Å². The van der Waals surface area contributed by atoms with Crippen LogP contribution in [0.1, 0.15) is 141 Å². The maximum atomic E-state index is 12.4. The lowest BCUT2D eigenvalue weighted by atomic mass is 9.78. The third kappa shape index (κ3) is 15.2. The number of hydrogen-bond donors (Lipinski definition) is 2. The molecule has 3 saturated heterocycles. The van der Waals surface area contributed by atoms with Crippen LogP contribution in [0.15, 0.2) is 118 Å². The molecule has 7 heterocycles. The first-order valence-electron chi connectivity index (χ1n) is 30.7. The smallest absolute Gasteiger partial charge is 0.494 e. The molecule has 3 aliphatic heterocycles. The summed E-state index contributed by atoms with van der Waals surface area (Å²) in [5, 5.41) is 27.6. The minimum absolute atomic E-state index is 0.00569. The number of methoxy groups -OCH3 is 2. The number of aromatic nitrogens is 2. The SMILES string of the molecule is CC1(C)CC(Oc2ccc(B3OC(C)(C)C(C)(C)O3)cc2C#N)CC(C)(C)N1.COc1cc(C(=O)N(C)C)ccc1-c1cc2nccc(-c3ccc(OC4CC(C)(C)NC(C)(C)C4)c(C#N)c3)c2o1.COc1cc(C(=O)N(C)C)ccc1-c1cc2nccc(Cl)c2o1. The molecule has 0 atom stereocenters. The molecule has 20 heteroatoms. The molecule has 0 bridgehead atoms. The molecule has 4 aromatic carbocycles. The van der Waals surface area contributed by atoms with Gasteiger partial charge in [-0.2, -0.15) is 10.5 Å². The van der Waals surface area contributed by atoms with Crippen molar-refractivity contribution in [1.82, 2.24) is 30.4 Å². The van der Waals surface area contributed by atoms with E-state index in [1.165, 1.54) is 9.80 Å². The first-order valence-corrected chi connectivity index (χ1v) is 31.1. The van der Waals surface area contributed by atoms with E-state index >= 15 is 0 Å². The second kappa shape index (κ2) is 26.3. The Hall–Kier alpha value is -8.43. The summed E-state index contributed by atoms with van der Waals surface area (Å²) in [6.45, 7) is 25.6. The molecular formula is C72H84BClN8O10. The van der Waals surface area contributed by atoms with Gasteiger partial charge in [-0.1, -0.05) is 23.7 Å². The van der Waals surface area contributed by atoms with Crippen LogP contribution in [0.2, 0.25) is 5.02 Å². The number of nitrogens with zero attached hydrogens (tertiary/aromatic N) is 6. The van der Waals surface area contributed by atoms with E-state index in [1.54, 1.807) is 97.3 Å². The number of nitriles is 2. The van der Waals surface area contributed by atoms with Crippen LogP contribution in [0.25, 0.3) is 56.0 Å². The van der Waals surface area contributed by atoms with Crippen LogP contribution < -0.4 is 35.0 Å². The maximum absolute atomic E-state index is 12.4. The van der Waals surface area contributed by atoms with Gasteiger partial charge in [0.1, 0.15) is 69.9 Å². The quantitative estimate of drug-likeness (QED) is 0.109. The summed E-state index contributed by atoms with van der Waals surface area (Å²) in [6.07, 6.45) is 6.87. The molecular weight excluding hydrogens is 1180 g/mol. The largest absolute Gasteiger partial charge is 0.496 e. The number of halogens is 1. The molecule has 0 spiro atoms. The van der Waals surface area contributed by atoms with Crippen molar-refractivity contribution in [2.75, 3.05) is 42.4 Å². The standard InChI is InChI=1S/C33H36N4O4.C22H33BN2O3.C17H15ClN2O3/c1-32(2)17-23(18-33(3,4)36-32)40-27-11-9-20(14-22(27)19-34)24-12-13-35-26-16-29(41-30(24)26)25-10-8-21(15-28(25)39-7)31(38)37(5)6;1-19(2)12-17(13-20(3,4)25-19)26-18-10-9-16(11-15(18)14-24)23-27-21(5,6)22(7,8)28-23;1-20(2)17(21)10-4-5-11(14(8-10)22-3)15-9-13-16(23-15)12(18)6-7-19-13/h8-16,23,36H,17-18H2,1-7H3;9-11,17,25H,12-13H2,1-8H3;4-9H,1-3H3. The van der Waals surface area contributed by atoms with Gasteiger partial charge in [0.25, 0.3) is 11.8 Å². The van der Waals surface area contributed by atoms with Crippen molar-refractivity contribution in [3.05, 3.63) is 137 Å². The minimum atomic E-state index is -0.483. The van der Waals surface area contributed by atoms with Crippen LogP contribution in [0.4, 0.5) is 0 Å². The highest BCUT2D eigenvalue weighted by Gasteiger charge is 2.52. The highest BCUT2D eigenvalue weighted by molar-refractivity contribution is 6.62. The van der Waals surface area contributed by atoms with E-state index in [9.17, 15) is 20.1 Å². The average Bonchev–Trinajstić information content (AvgIpc) is 1.57. The summed E-state index contributed by atoms with van der Waals surface area (Å²) in [5.41, 5.74) is 7.46. The molecule has 2 N–H and O–H groups in total. The van der Waals surface area contributed by atoms with Crippen molar-refractivity contribution in [3.8, 4) is 68.9 Å². The van der Waals surface area contributed by atoms with Crippen molar-refractivity contribution in [3.63, 3.8) is 0 Å². The number of hydrogen-bond acceptors (Lipinski definition) is 16. The Kier molecular flexibility index (Phi) is 19.4. The average molecular weight is 1270 g/mol. The molecule has 92 heavy (non-hydrogen) atoms. The molecule has 3 aliphatic rings. The van der Waals surface area contributed by atoms with Crippen LogP contribution in [-0.2, 0) is 9.31 Å². The van der Waals surface area contributed by atoms with E-state index in [0.717, 1.165) is 47.8 Å². The number of carbonyl (C=O) groups is 2. The second-order valence-electron chi connectivity index (χ2n) is 27.9. The number of furan rings is 2. The number of piperidine rings is 2. The first kappa shape index (κ1) is 68.0. The van der Waals surface area contributed by atoms with Gasteiger partial charge in [0.05, 0.1) is 52.7 Å². The molecule has 0 unspecified atom stereocenters. The van der Waals surface area contributed by atoms with Crippen molar-refractivity contribution in [2.45, 2.75) is 154 Å². The fourth-order valence-electron chi connectivity index (χ4n) is 12.6. The van der Waals surface area contributed by atoms with Gasteiger partial charge < -0.3 is 57.5 Å². The van der Waals surface area contributed by atoms with Crippen molar-refractivity contribution < 1.29 is 46.7 Å². The van der Waals surface area contributed by atoms with Crippen LogP contribution in [0.3, 0.4) is 0 Å². The summed E-state index contributed by atoms with van der Waals surface area (Å²) >= 11 is 6.12. The van der Waals surface area contributed by atoms with Crippen molar-refractivity contribution in [2.24, 2.45) is 0 Å². The number of rotatable bonds is 12. The zero-order valence-corrected chi connectivity index (χ0v) is 56.9. The maximum Gasteiger partial charge on any atom is 0.494 e. The lowest BCUT2D eigenvalue weighted by molar-refractivity contribution is 0.00578. The zero-order valence-electron chi connectivity index (χ0n) is 56.1. The van der Waals surface area contributed by atoms with E-state index in [-0.39, 0.29) is 46.2 Å². The summed E-state index contributed by atoms with van der Waals surface area (Å²) < 4.78 is 48.1. The number of nitrogens with one attached hydrogen (secondary N) is 2. The number of carbonyl (C=O) groups excluding carboxylic acids is 2. The Balaban J connectivity index is 0.000000171. The van der Waals surface area contributed by atoms with Gasteiger partial charge >= 0.3 is 7.12 Å². The lowest BCUT2D eigenvalue weighted by Crippen LogP contribution is -2.60. The Bertz CT molecular complexity index is 4110. The third-order valence-corrected chi connectivity index (χ3v) is 17.3. The molecule has 3 fully saturated rings. The molecule has 0 radical (unpaired) electrons. The summed E-state index contributed by atoms with van der Waals surface area (Å²) in [6, 6.07) is 33.6. The molecule has 0 saturated carbocycles. The summed E-state index contributed by atoms with van der Waals surface area (Å²) in [7, 11) is 9.46. The lowest BCUT2D eigenvalue weighted by Gasteiger charge is -2.46. The van der Waals surface area contributed by atoms with Crippen LogP contribution in [-0.4, -0.2) is 127 Å². The number of amides is 2. The number of benzene rings is 4. The number of fused-ring (bicyclic) bond motifs is 2. The topological polar surface area (TPSA) is 220 Å². The van der Waals surface area contributed by atoms with E-state index in [0.29, 0.717) is 89.6 Å². The molecule has 482 valence electrons. The van der Waals surface area contributed by atoms with Gasteiger partial charge in [-0.05, 0) is 167 Å². The Morgan fingerprint density at radius 2 is 0.967 bits per heavy atom. The van der Waals surface area contributed by atoms with Crippen molar-refractivity contribution >= 4 is 58.2 Å². The highest BCUT2D eigenvalue weighted by atomic mass is 35.5. The molecule has 2 amide bonds. The Morgan fingerprint density at radius 3 is 1.40 bits per heavy atom. The Labute approximate surface area is 545 Å². The fourth-order valence-corrected chi connectivity index (χ4v) is 12.8. The van der Waals surface area contributed by atoms with Crippen molar-refractivity contribution in [1.29, 1.82) is 10.5 Å². The summed E-state index contributed by atoms with van der Waals surface area (Å²) in [5.74, 6) is 3.22. The van der Waals surface area contributed by atoms with Crippen LogP contribution in [0, 0.1) is 22.7 Å². The normalized spacial score (nSPS) is 17.6. The number of ether oxygens (including phenoxy) is 4. The third-order valence-electron chi connectivity index (χ3n) is 17.0. The van der Waals surface area contributed by atoms with E-state index in [1.807, 2.05) is 82.3 Å². The van der Waals surface area contributed by atoms with Gasteiger partial charge in [0.15, 0.2) is 11.2 Å². The molecule has 4 aromatic heterocycles. The second-order valence-corrected chi connectivity index (χ2v) is 28.3. The highest BCUT2D eigenvalue weighted by Crippen LogP contribution is 2.42. The molecule has 18 nitrogen and oxygen atoms in total. The fraction of sp³-hybridized carbons (Fsp3) is 0.417. The predicted octanol–water partition coefficient (Wildman–Crippen LogP) is 13.8. The van der Waals surface area contributed by atoms with Gasteiger partial charge in [-0.15, -0.1) is 0 Å². The monoisotopic (exact) mass is 1270 g/mol. The van der Waals surface area contributed by atoms with Crippen LogP contribution >= 0.6 is 11.6 Å². The van der Waals surface area contributed by atoms with Crippen LogP contribution in [0.5, 0.6) is 23.0 Å². The van der Waals surface area contributed by atoms with E-state index < -0.39 is 18.3 Å². The van der Waals surface area contributed by atoms with Gasteiger partial charge in [-0.3, -0.25) is 19.6 Å². The van der Waals surface area contributed by atoms with E-state index in [4.69, 9.17) is 48.7 Å². The summed E-state index contributed by atoms with van der Waals surface area (Å²) in [4.78, 5) is 36.3. The molecule has 8 aromatic rings. The predicted molar refractivity (Wildman–Crippen MR) is 360 cm³/mol. The van der Waals surface area contributed by atoms with Gasteiger partial charge in [-0.25, -0.2) is 0 Å². The number of pyridine rings is 2. The Morgan fingerprint density at radius 1 is 0.543 bits per heavy atom. The minimum Gasteiger partial charge on any atom is -0.496 e. The molecule has 0 aliphatic carbocycles. The first-order chi connectivity index (χ1) is 43.1. The molecule has 11 rings (SSSR count). The van der Waals surface area contributed by atoms with Gasteiger partial charge in [0.2, 0.25) is 0 Å². The zero-order chi connectivity index (χ0) is 67.0.